The van der Waals surface area contributed by atoms with Crippen LogP contribution in [0.25, 0.3) is 5.82 Å². The SMILES string of the molecule is COc1ccc(-n2ncc(C(=O)NCc3ccccc3OC(F)(F)F)c2C(F)(F)F)nn1. The van der Waals surface area contributed by atoms with Gasteiger partial charge in [-0.05, 0) is 12.1 Å². The average molecular weight is 461 g/mol. The standard InChI is InChI=1S/C18H13F6N5O3/c1-31-14-7-6-13(27-28-14)29-15(17(19,20)21)11(9-26-29)16(30)25-8-10-4-2-3-5-12(10)32-18(22,23)24/h2-7,9H,8H2,1H3,(H,25,30). The average Bonchev–Trinajstić information content (AvgIpc) is 3.18. The number of nitrogens with zero attached hydrogens (tertiary/aromatic N) is 4. The van der Waals surface area contributed by atoms with E-state index < -0.39 is 42.0 Å². The van der Waals surface area contributed by atoms with Gasteiger partial charge in [-0.25, -0.2) is 4.68 Å². The predicted molar refractivity (Wildman–Crippen MR) is 95.0 cm³/mol. The number of rotatable bonds is 6. The highest BCUT2D eigenvalue weighted by Gasteiger charge is 2.41. The van der Waals surface area contributed by atoms with E-state index in [0.717, 1.165) is 12.1 Å². The number of carbonyl (C=O) groups is 1. The van der Waals surface area contributed by atoms with Crippen molar-refractivity contribution in [2.45, 2.75) is 19.1 Å². The van der Waals surface area contributed by atoms with Crippen LogP contribution in [0.4, 0.5) is 26.3 Å². The Labute approximate surface area is 175 Å². The maximum Gasteiger partial charge on any atom is 0.573 e. The highest BCUT2D eigenvalue weighted by molar-refractivity contribution is 5.95. The van der Waals surface area contributed by atoms with Crippen LogP contribution in [0.3, 0.4) is 0 Å². The molecule has 0 saturated carbocycles. The van der Waals surface area contributed by atoms with Gasteiger partial charge in [-0.2, -0.15) is 18.3 Å². The second-order valence-electron chi connectivity index (χ2n) is 6.09. The molecule has 3 aromatic rings. The van der Waals surface area contributed by atoms with Gasteiger partial charge >= 0.3 is 12.5 Å². The molecule has 0 saturated heterocycles. The van der Waals surface area contributed by atoms with Gasteiger partial charge in [0, 0.05) is 18.2 Å². The monoisotopic (exact) mass is 461 g/mol. The topological polar surface area (TPSA) is 91.2 Å². The fraction of sp³-hybridized carbons (Fsp3) is 0.222. The fourth-order valence-electron chi connectivity index (χ4n) is 2.64. The summed E-state index contributed by atoms with van der Waals surface area (Å²) in [5.41, 5.74) is -2.39. The summed E-state index contributed by atoms with van der Waals surface area (Å²) in [6, 6.07) is 7.29. The molecule has 0 spiro atoms. The zero-order valence-electron chi connectivity index (χ0n) is 16.0. The second kappa shape index (κ2) is 8.72. The van der Waals surface area contributed by atoms with Crippen LogP contribution in [-0.2, 0) is 12.7 Å². The Hall–Kier alpha value is -3.84. The van der Waals surface area contributed by atoms with Crippen molar-refractivity contribution in [3.05, 3.63) is 59.4 Å². The lowest BCUT2D eigenvalue weighted by molar-refractivity contribution is -0.274. The molecule has 0 aliphatic carbocycles. The van der Waals surface area contributed by atoms with Gasteiger partial charge in [-0.1, -0.05) is 18.2 Å². The first-order chi connectivity index (χ1) is 15.0. The summed E-state index contributed by atoms with van der Waals surface area (Å²) in [5, 5.41) is 12.8. The number of aromatic nitrogens is 4. The number of amides is 1. The molecule has 8 nitrogen and oxygen atoms in total. The molecule has 0 fully saturated rings. The number of methoxy groups -OCH3 is 1. The van der Waals surface area contributed by atoms with Crippen LogP contribution in [0.2, 0.25) is 0 Å². The third-order valence-corrected chi connectivity index (χ3v) is 3.97. The Morgan fingerprint density at radius 1 is 1.06 bits per heavy atom. The molecular formula is C18H13F6N5O3. The van der Waals surface area contributed by atoms with Gasteiger partial charge < -0.3 is 14.8 Å². The van der Waals surface area contributed by atoms with Crippen molar-refractivity contribution in [2.75, 3.05) is 7.11 Å². The summed E-state index contributed by atoms with van der Waals surface area (Å²) >= 11 is 0. The van der Waals surface area contributed by atoms with E-state index in [1.54, 1.807) is 0 Å². The molecule has 1 aromatic carbocycles. The molecular weight excluding hydrogens is 448 g/mol. The summed E-state index contributed by atoms with van der Waals surface area (Å²) in [5.74, 6) is -2.10. The molecule has 2 heterocycles. The number of nitrogens with one attached hydrogen (secondary N) is 1. The molecule has 0 atom stereocenters. The lowest BCUT2D eigenvalue weighted by Gasteiger charge is -2.14. The van der Waals surface area contributed by atoms with Crippen molar-refractivity contribution in [1.29, 1.82) is 0 Å². The van der Waals surface area contributed by atoms with E-state index in [1.807, 2.05) is 0 Å². The Bertz CT molecular complexity index is 1100. The van der Waals surface area contributed by atoms with Crippen molar-refractivity contribution >= 4 is 5.91 Å². The summed E-state index contributed by atoms with van der Waals surface area (Å²) in [4.78, 5) is 12.4. The first kappa shape index (κ1) is 22.8. The molecule has 170 valence electrons. The quantitative estimate of drug-likeness (QED) is 0.565. The Kier molecular flexibility index (Phi) is 6.23. The molecule has 1 amide bonds. The van der Waals surface area contributed by atoms with Crippen LogP contribution in [0.1, 0.15) is 21.6 Å². The molecule has 3 rings (SSSR count). The largest absolute Gasteiger partial charge is 0.573 e. The number of hydrogen-bond donors (Lipinski definition) is 1. The van der Waals surface area contributed by atoms with Gasteiger partial charge in [0.15, 0.2) is 11.5 Å². The van der Waals surface area contributed by atoms with Crippen LogP contribution >= 0.6 is 0 Å². The van der Waals surface area contributed by atoms with E-state index in [1.165, 1.54) is 31.4 Å². The van der Waals surface area contributed by atoms with E-state index in [9.17, 15) is 31.1 Å². The van der Waals surface area contributed by atoms with Gasteiger partial charge in [-0.3, -0.25) is 4.79 Å². The third kappa shape index (κ3) is 5.25. The molecule has 0 aliphatic heterocycles. The number of halogens is 6. The van der Waals surface area contributed by atoms with Gasteiger partial charge in [0.1, 0.15) is 5.75 Å². The van der Waals surface area contributed by atoms with Crippen molar-refractivity contribution in [3.63, 3.8) is 0 Å². The van der Waals surface area contributed by atoms with Crippen LogP contribution < -0.4 is 14.8 Å². The van der Waals surface area contributed by atoms with E-state index in [-0.39, 0.29) is 17.3 Å². The summed E-state index contributed by atoms with van der Waals surface area (Å²) in [6.45, 7) is -0.532. The molecule has 2 aromatic heterocycles. The molecule has 0 unspecified atom stereocenters. The number of alkyl halides is 6. The Balaban J connectivity index is 1.87. The highest BCUT2D eigenvalue weighted by Crippen LogP contribution is 2.33. The van der Waals surface area contributed by atoms with Crippen molar-refractivity contribution < 1.29 is 40.6 Å². The number of carbonyl (C=O) groups excluding carboxylic acids is 1. The molecule has 0 radical (unpaired) electrons. The molecule has 32 heavy (non-hydrogen) atoms. The lowest BCUT2D eigenvalue weighted by Crippen LogP contribution is -2.27. The Morgan fingerprint density at radius 2 is 1.78 bits per heavy atom. The van der Waals surface area contributed by atoms with Crippen molar-refractivity contribution in [2.24, 2.45) is 0 Å². The molecule has 14 heteroatoms. The molecule has 0 aliphatic rings. The maximum absolute atomic E-state index is 13.7. The predicted octanol–water partition coefficient (Wildman–Crippen LogP) is 3.52. The minimum atomic E-state index is -5.01. The van der Waals surface area contributed by atoms with Crippen LogP contribution in [0.5, 0.6) is 11.6 Å². The van der Waals surface area contributed by atoms with E-state index in [0.29, 0.717) is 10.9 Å². The first-order valence-corrected chi connectivity index (χ1v) is 8.65. The number of benzene rings is 1. The van der Waals surface area contributed by atoms with Gasteiger partial charge in [0.25, 0.3) is 5.91 Å². The van der Waals surface area contributed by atoms with E-state index in [4.69, 9.17) is 4.74 Å². The van der Waals surface area contributed by atoms with Gasteiger partial charge in [0.05, 0.1) is 18.9 Å². The normalized spacial score (nSPS) is 11.8. The summed E-state index contributed by atoms with van der Waals surface area (Å²) < 4.78 is 87.6. The molecule has 0 bridgehead atoms. The lowest BCUT2D eigenvalue weighted by atomic mass is 10.2. The summed E-state index contributed by atoms with van der Waals surface area (Å²) in [7, 11) is 1.29. The van der Waals surface area contributed by atoms with E-state index >= 15 is 0 Å². The minimum absolute atomic E-state index is 0.0483. The van der Waals surface area contributed by atoms with E-state index in [2.05, 4.69) is 25.3 Å². The van der Waals surface area contributed by atoms with Crippen LogP contribution in [0, 0.1) is 0 Å². The second-order valence-corrected chi connectivity index (χ2v) is 6.09. The van der Waals surface area contributed by atoms with Crippen molar-refractivity contribution in [1.82, 2.24) is 25.3 Å². The van der Waals surface area contributed by atoms with Gasteiger partial charge in [0.2, 0.25) is 5.88 Å². The first-order valence-electron chi connectivity index (χ1n) is 8.65. The smallest absolute Gasteiger partial charge is 0.480 e. The zero-order valence-corrected chi connectivity index (χ0v) is 16.0. The maximum atomic E-state index is 13.7. The van der Waals surface area contributed by atoms with Crippen molar-refractivity contribution in [3.8, 4) is 17.4 Å². The number of ether oxygens (including phenoxy) is 2. The van der Waals surface area contributed by atoms with Gasteiger partial charge in [-0.15, -0.1) is 23.4 Å². The number of para-hydroxylation sites is 1. The third-order valence-electron chi connectivity index (χ3n) is 3.97. The molecule has 1 N–H and O–H groups in total. The number of hydrogen-bond acceptors (Lipinski definition) is 6. The fourth-order valence-corrected chi connectivity index (χ4v) is 2.64. The van der Waals surface area contributed by atoms with Crippen LogP contribution in [-0.4, -0.2) is 39.4 Å². The minimum Gasteiger partial charge on any atom is -0.480 e. The Morgan fingerprint density at radius 3 is 2.38 bits per heavy atom. The summed E-state index contributed by atoms with van der Waals surface area (Å²) in [6.07, 6.45) is -9.33. The van der Waals surface area contributed by atoms with Crippen LogP contribution in [0.15, 0.2) is 42.6 Å². The highest BCUT2D eigenvalue weighted by atomic mass is 19.4. The zero-order chi connectivity index (χ0) is 23.5.